The molecule has 0 spiro atoms. The third-order valence-electron chi connectivity index (χ3n) is 2.09. The first kappa shape index (κ1) is 10.7. The van der Waals surface area contributed by atoms with Crippen molar-refractivity contribution in [2.24, 2.45) is 0 Å². The van der Waals surface area contributed by atoms with Gasteiger partial charge < -0.3 is 9.84 Å². The molecule has 0 aliphatic rings. The van der Waals surface area contributed by atoms with Gasteiger partial charge >= 0.3 is 5.97 Å². The number of benzene rings is 1. The molecule has 0 aliphatic heterocycles. The first-order valence-corrected chi connectivity index (χ1v) is 5.54. The van der Waals surface area contributed by atoms with Crippen molar-refractivity contribution in [3.63, 3.8) is 0 Å². The number of rotatable bonds is 4. The number of ether oxygens (including phenoxy) is 1. The summed E-state index contributed by atoms with van der Waals surface area (Å²) >= 11 is 1.22. The van der Waals surface area contributed by atoms with Gasteiger partial charge in [-0.25, -0.2) is 4.79 Å². The van der Waals surface area contributed by atoms with Crippen LogP contribution in [0.15, 0.2) is 36.9 Å². The highest BCUT2D eigenvalue weighted by molar-refractivity contribution is 7.21. The van der Waals surface area contributed by atoms with Crippen molar-refractivity contribution < 1.29 is 14.6 Å². The third kappa shape index (κ3) is 1.79. The summed E-state index contributed by atoms with van der Waals surface area (Å²) in [6.45, 7) is 3.85. The van der Waals surface area contributed by atoms with Crippen LogP contribution in [0.4, 0.5) is 0 Å². The molecule has 3 nitrogen and oxygen atoms in total. The largest absolute Gasteiger partial charge is 0.487 e. The van der Waals surface area contributed by atoms with Crippen molar-refractivity contribution in [2.45, 2.75) is 0 Å². The molecule has 0 aliphatic carbocycles. The molecule has 2 aromatic rings. The Labute approximate surface area is 96.6 Å². The molecule has 1 aromatic carbocycles. The van der Waals surface area contributed by atoms with E-state index < -0.39 is 5.97 Å². The van der Waals surface area contributed by atoms with Crippen molar-refractivity contribution in [3.05, 3.63) is 41.8 Å². The number of thiophene rings is 1. The number of aromatic carboxylic acids is 1. The first-order chi connectivity index (χ1) is 7.74. The number of fused-ring (bicyclic) bond motifs is 1. The zero-order chi connectivity index (χ0) is 11.5. The lowest BCUT2D eigenvalue weighted by molar-refractivity contribution is 0.0698. The van der Waals surface area contributed by atoms with Gasteiger partial charge in [0.2, 0.25) is 0 Å². The summed E-state index contributed by atoms with van der Waals surface area (Å²) in [5.41, 5.74) is 0. The maximum atomic E-state index is 11.1. The van der Waals surface area contributed by atoms with Crippen molar-refractivity contribution >= 4 is 27.4 Å². The average Bonchev–Trinajstić information content (AvgIpc) is 2.65. The topological polar surface area (TPSA) is 46.5 Å². The van der Waals surface area contributed by atoms with Crippen LogP contribution in [0.5, 0.6) is 5.75 Å². The van der Waals surface area contributed by atoms with Gasteiger partial charge in [-0.15, -0.1) is 11.3 Å². The van der Waals surface area contributed by atoms with Crippen LogP contribution in [0, 0.1) is 0 Å². The zero-order valence-electron chi connectivity index (χ0n) is 8.47. The van der Waals surface area contributed by atoms with Gasteiger partial charge in [0, 0.05) is 10.1 Å². The predicted octanol–water partition coefficient (Wildman–Crippen LogP) is 3.16. The van der Waals surface area contributed by atoms with Crippen LogP contribution in [0.25, 0.3) is 10.1 Å². The van der Waals surface area contributed by atoms with Crippen LogP contribution in [0.2, 0.25) is 0 Å². The molecule has 0 amide bonds. The second-order valence-electron chi connectivity index (χ2n) is 3.16. The van der Waals surface area contributed by atoms with Gasteiger partial charge in [-0.3, -0.25) is 0 Å². The third-order valence-corrected chi connectivity index (χ3v) is 3.23. The molecular weight excluding hydrogens is 224 g/mol. The van der Waals surface area contributed by atoms with Gasteiger partial charge in [0.25, 0.3) is 0 Å². The van der Waals surface area contributed by atoms with Crippen LogP contribution in [-0.2, 0) is 0 Å². The summed E-state index contributed by atoms with van der Waals surface area (Å²) in [7, 11) is 0. The van der Waals surface area contributed by atoms with E-state index >= 15 is 0 Å². The van der Waals surface area contributed by atoms with E-state index in [1.165, 1.54) is 11.3 Å². The zero-order valence-corrected chi connectivity index (χ0v) is 9.29. The number of hydrogen-bond donors (Lipinski definition) is 1. The Morgan fingerprint density at radius 1 is 1.50 bits per heavy atom. The molecule has 0 fully saturated rings. The van der Waals surface area contributed by atoms with Crippen LogP contribution in [0.3, 0.4) is 0 Å². The number of hydrogen-bond acceptors (Lipinski definition) is 3. The molecule has 0 radical (unpaired) electrons. The molecule has 1 N–H and O–H groups in total. The Hall–Kier alpha value is -1.81. The fourth-order valence-corrected chi connectivity index (χ4v) is 2.43. The molecule has 16 heavy (non-hydrogen) atoms. The van der Waals surface area contributed by atoms with Gasteiger partial charge in [0.1, 0.15) is 6.61 Å². The first-order valence-electron chi connectivity index (χ1n) is 4.72. The Morgan fingerprint density at radius 2 is 2.25 bits per heavy atom. The predicted molar refractivity (Wildman–Crippen MR) is 64.5 cm³/mol. The Morgan fingerprint density at radius 3 is 2.94 bits per heavy atom. The molecule has 0 atom stereocenters. The van der Waals surface area contributed by atoms with Gasteiger partial charge in [-0.2, -0.15) is 0 Å². The van der Waals surface area contributed by atoms with Crippen molar-refractivity contribution in [1.29, 1.82) is 0 Å². The summed E-state index contributed by atoms with van der Waals surface area (Å²) in [5.74, 6) is -0.520. The van der Waals surface area contributed by atoms with E-state index in [0.717, 1.165) is 10.1 Å². The summed E-state index contributed by atoms with van der Waals surface area (Å²) < 4.78 is 6.33. The Kier molecular flexibility index (Phi) is 2.92. The van der Waals surface area contributed by atoms with E-state index in [1.807, 2.05) is 24.3 Å². The van der Waals surface area contributed by atoms with Gasteiger partial charge in [-0.05, 0) is 12.1 Å². The Bertz CT molecular complexity index is 542. The molecule has 1 heterocycles. The van der Waals surface area contributed by atoms with Crippen LogP contribution >= 0.6 is 11.3 Å². The smallest absolute Gasteiger partial charge is 0.349 e. The van der Waals surface area contributed by atoms with E-state index in [0.29, 0.717) is 12.4 Å². The second kappa shape index (κ2) is 4.37. The lowest BCUT2D eigenvalue weighted by Crippen LogP contribution is -1.99. The standard InChI is InChI=1S/C12H10O3S/c1-2-7-15-10-8-5-3-4-6-9(8)16-11(10)12(13)14/h2-6H,1,7H2,(H,13,14). The minimum atomic E-state index is -0.958. The minimum Gasteiger partial charge on any atom is -0.487 e. The molecule has 1 aromatic heterocycles. The molecule has 82 valence electrons. The van der Waals surface area contributed by atoms with E-state index in [2.05, 4.69) is 6.58 Å². The normalized spacial score (nSPS) is 10.2. The minimum absolute atomic E-state index is 0.239. The van der Waals surface area contributed by atoms with Gasteiger partial charge in [0.05, 0.1) is 0 Å². The summed E-state index contributed by atoms with van der Waals surface area (Å²) in [6.07, 6.45) is 1.60. The summed E-state index contributed by atoms with van der Waals surface area (Å²) in [4.78, 5) is 11.3. The highest BCUT2D eigenvalue weighted by Crippen LogP contribution is 2.37. The summed E-state index contributed by atoms with van der Waals surface area (Å²) in [5, 5.41) is 9.91. The quantitative estimate of drug-likeness (QED) is 0.826. The maximum absolute atomic E-state index is 11.1. The molecule has 2 rings (SSSR count). The van der Waals surface area contributed by atoms with Crippen molar-refractivity contribution in [1.82, 2.24) is 0 Å². The molecular formula is C12H10O3S. The molecule has 4 heteroatoms. The van der Waals surface area contributed by atoms with Crippen molar-refractivity contribution in [2.75, 3.05) is 6.61 Å². The molecule has 0 bridgehead atoms. The second-order valence-corrected chi connectivity index (χ2v) is 4.21. The number of carboxylic acids is 1. The maximum Gasteiger partial charge on any atom is 0.349 e. The number of carbonyl (C=O) groups is 1. The lowest BCUT2D eigenvalue weighted by Gasteiger charge is -2.02. The van der Waals surface area contributed by atoms with Crippen LogP contribution < -0.4 is 4.74 Å². The van der Waals surface area contributed by atoms with Crippen molar-refractivity contribution in [3.8, 4) is 5.75 Å². The molecule has 0 saturated heterocycles. The average molecular weight is 234 g/mol. The van der Waals surface area contributed by atoms with Crippen LogP contribution in [-0.4, -0.2) is 17.7 Å². The van der Waals surface area contributed by atoms with Crippen LogP contribution in [0.1, 0.15) is 9.67 Å². The summed E-state index contributed by atoms with van der Waals surface area (Å²) in [6, 6.07) is 7.48. The SMILES string of the molecule is C=CCOc1c(C(=O)O)sc2ccccc12. The Balaban J connectivity index is 2.59. The van der Waals surface area contributed by atoms with E-state index in [1.54, 1.807) is 6.08 Å². The molecule has 0 saturated carbocycles. The number of carboxylic acid groups (broad SMARTS) is 1. The fraction of sp³-hybridized carbons (Fsp3) is 0.0833. The van der Waals surface area contributed by atoms with Gasteiger partial charge in [-0.1, -0.05) is 24.8 Å². The van der Waals surface area contributed by atoms with E-state index in [9.17, 15) is 4.79 Å². The highest BCUT2D eigenvalue weighted by atomic mass is 32.1. The van der Waals surface area contributed by atoms with E-state index in [-0.39, 0.29) is 4.88 Å². The lowest BCUT2D eigenvalue weighted by atomic mass is 10.2. The monoisotopic (exact) mass is 234 g/mol. The molecule has 0 unspecified atom stereocenters. The fourth-order valence-electron chi connectivity index (χ4n) is 1.45. The van der Waals surface area contributed by atoms with E-state index in [4.69, 9.17) is 9.84 Å². The van der Waals surface area contributed by atoms with Gasteiger partial charge in [0.15, 0.2) is 10.6 Å². The highest BCUT2D eigenvalue weighted by Gasteiger charge is 2.18.